The van der Waals surface area contributed by atoms with Crippen LogP contribution in [0.15, 0.2) is 48.8 Å². The van der Waals surface area contributed by atoms with Gasteiger partial charge in [-0.3, -0.25) is 14.8 Å². The standard InChI is InChI=1S/C21H22N4O/c1-15-5-6-20-17(12-15)13-19(16(2)23-20)21(26)25-10-8-24(9-11-25)18-4-3-7-22-14-18/h3-7,12-14H,8-11H2,1-2H3. The Morgan fingerprint density at radius 2 is 1.85 bits per heavy atom. The van der Waals surface area contributed by atoms with E-state index >= 15 is 0 Å². The first-order valence-corrected chi connectivity index (χ1v) is 8.94. The van der Waals surface area contributed by atoms with Crippen molar-refractivity contribution in [2.75, 3.05) is 31.1 Å². The lowest BCUT2D eigenvalue weighted by atomic mass is 10.1. The fourth-order valence-electron chi connectivity index (χ4n) is 3.49. The van der Waals surface area contributed by atoms with Crippen molar-refractivity contribution >= 4 is 22.5 Å². The van der Waals surface area contributed by atoms with Crippen LogP contribution >= 0.6 is 0 Å². The highest BCUT2D eigenvalue weighted by Crippen LogP contribution is 2.21. The highest BCUT2D eigenvalue weighted by molar-refractivity contribution is 5.98. The maximum Gasteiger partial charge on any atom is 0.255 e. The third kappa shape index (κ3) is 3.12. The first-order chi connectivity index (χ1) is 12.6. The minimum Gasteiger partial charge on any atom is -0.367 e. The maximum atomic E-state index is 13.0. The lowest BCUT2D eigenvalue weighted by molar-refractivity contribution is 0.0745. The van der Waals surface area contributed by atoms with Gasteiger partial charge in [0.05, 0.1) is 28.7 Å². The van der Waals surface area contributed by atoms with Gasteiger partial charge in [0.2, 0.25) is 0 Å². The van der Waals surface area contributed by atoms with Crippen LogP contribution in [0.2, 0.25) is 0 Å². The molecule has 1 aromatic carbocycles. The molecule has 4 rings (SSSR count). The molecule has 0 saturated carbocycles. The molecule has 1 saturated heterocycles. The summed E-state index contributed by atoms with van der Waals surface area (Å²) in [5.74, 6) is 0.0734. The lowest BCUT2D eigenvalue weighted by Crippen LogP contribution is -2.49. The molecule has 3 aromatic rings. The molecule has 5 nitrogen and oxygen atoms in total. The summed E-state index contributed by atoms with van der Waals surface area (Å²) < 4.78 is 0. The second kappa shape index (κ2) is 6.75. The first kappa shape index (κ1) is 16.5. The van der Waals surface area contributed by atoms with E-state index in [0.717, 1.165) is 35.4 Å². The van der Waals surface area contributed by atoms with E-state index in [0.29, 0.717) is 18.7 Å². The first-order valence-electron chi connectivity index (χ1n) is 8.94. The highest BCUT2D eigenvalue weighted by Gasteiger charge is 2.24. The third-order valence-electron chi connectivity index (χ3n) is 4.97. The molecule has 1 aliphatic rings. The Balaban J connectivity index is 1.53. The summed E-state index contributed by atoms with van der Waals surface area (Å²) in [6.45, 7) is 7.02. The topological polar surface area (TPSA) is 49.3 Å². The van der Waals surface area contributed by atoms with E-state index in [-0.39, 0.29) is 5.91 Å². The Morgan fingerprint density at radius 3 is 2.58 bits per heavy atom. The van der Waals surface area contributed by atoms with Gasteiger partial charge in [-0.25, -0.2) is 0 Å². The average Bonchev–Trinajstić information content (AvgIpc) is 2.68. The molecule has 0 unspecified atom stereocenters. The Hall–Kier alpha value is -2.95. The number of aromatic nitrogens is 2. The molecule has 1 fully saturated rings. The van der Waals surface area contributed by atoms with Gasteiger partial charge in [-0.15, -0.1) is 0 Å². The van der Waals surface area contributed by atoms with E-state index in [9.17, 15) is 4.79 Å². The Morgan fingerprint density at radius 1 is 1.04 bits per heavy atom. The molecule has 0 aliphatic carbocycles. The molecule has 2 aromatic heterocycles. The average molecular weight is 346 g/mol. The number of pyridine rings is 2. The smallest absolute Gasteiger partial charge is 0.255 e. The summed E-state index contributed by atoms with van der Waals surface area (Å²) in [6, 6.07) is 12.1. The van der Waals surface area contributed by atoms with Gasteiger partial charge >= 0.3 is 0 Å². The largest absolute Gasteiger partial charge is 0.367 e. The second-order valence-electron chi connectivity index (χ2n) is 6.81. The number of benzene rings is 1. The molecule has 0 spiro atoms. The number of rotatable bonds is 2. The van der Waals surface area contributed by atoms with Gasteiger partial charge in [-0.2, -0.15) is 0 Å². The van der Waals surface area contributed by atoms with Crippen LogP contribution in [-0.4, -0.2) is 47.0 Å². The minimum atomic E-state index is 0.0734. The highest BCUT2D eigenvalue weighted by atomic mass is 16.2. The summed E-state index contributed by atoms with van der Waals surface area (Å²) in [7, 11) is 0. The van der Waals surface area contributed by atoms with Gasteiger partial charge < -0.3 is 9.80 Å². The second-order valence-corrected chi connectivity index (χ2v) is 6.81. The van der Waals surface area contributed by atoms with Crippen molar-refractivity contribution < 1.29 is 4.79 Å². The van der Waals surface area contributed by atoms with Crippen LogP contribution < -0.4 is 4.90 Å². The van der Waals surface area contributed by atoms with Gasteiger partial charge in [0.25, 0.3) is 5.91 Å². The van der Waals surface area contributed by atoms with Crippen LogP contribution in [0.5, 0.6) is 0 Å². The fourth-order valence-corrected chi connectivity index (χ4v) is 3.49. The summed E-state index contributed by atoms with van der Waals surface area (Å²) >= 11 is 0. The number of amides is 1. The van der Waals surface area contributed by atoms with Gasteiger partial charge in [0, 0.05) is 37.8 Å². The molecule has 3 heterocycles. The van der Waals surface area contributed by atoms with Gasteiger partial charge in [-0.05, 0) is 44.2 Å². The Kier molecular flexibility index (Phi) is 4.29. The van der Waals surface area contributed by atoms with E-state index in [4.69, 9.17) is 0 Å². The predicted octanol–water partition coefficient (Wildman–Crippen LogP) is 3.21. The molecule has 0 radical (unpaired) electrons. The normalized spacial score (nSPS) is 14.7. The Labute approximate surface area is 153 Å². The summed E-state index contributed by atoms with van der Waals surface area (Å²) in [6.07, 6.45) is 3.65. The number of piperazine rings is 1. The lowest BCUT2D eigenvalue weighted by Gasteiger charge is -2.36. The van der Waals surface area contributed by atoms with Crippen molar-refractivity contribution in [2.24, 2.45) is 0 Å². The number of anilines is 1. The maximum absolute atomic E-state index is 13.0. The molecular weight excluding hydrogens is 324 g/mol. The SMILES string of the molecule is Cc1ccc2nc(C)c(C(=O)N3CCN(c4cccnc4)CC3)cc2c1. The number of aryl methyl sites for hydroxylation is 2. The molecule has 1 amide bonds. The van der Waals surface area contributed by atoms with Crippen molar-refractivity contribution in [1.29, 1.82) is 0 Å². The fraction of sp³-hybridized carbons (Fsp3) is 0.286. The minimum absolute atomic E-state index is 0.0734. The van der Waals surface area contributed by atoms with Crippen LogP contribution in [0.3, 0.4) is 0 Å². The van der Waals surface area contributed by atoms with Gasteiger partial charge in [-0.1, -0.05) is 11.6 Å². The molecule has 5 heteroatoms. The number of carbonyl (C=O) groups excluding carboxylic acids is 1. The van der Waals surface area contributed by atoms with Crippen LogP contribution in [-0.2, 0) is 0 Å². The third-order valence-corrected chi connectivity index (χ3v) is 4.97. The zero-order valence-electron chi connectivity index (χ0n) is 15.1. The summed E-state index contributed by atoms with van der Waals surface area (Å²) in [5, 5.41) is 1.02. The van der Waals surface area contributed by atoms with Crippen molar-refractivity contribution in [1.82, 2.24) is 14.9 Å². The van der Waals surface area contributed by atoms with Crippen molar-refractivity contribution in [3.8, 4) is 0 Å². The predicted molar refractivity (Wildman–Crippen MR) is 104 cm³/mol. The summed E-state index contributed by atoms with van der Waals surface area (Å²) in [4.78, 5) is 26.1. The van der Waals surface area contributed by atoms with Crippen LogP contribution in [0.25, 0.3) is 10.9 Å². The van der Waals surface area contributed by atoms with Gasteiger partial charge in [0.15, 0.2) is 0 Å². The van der Waals surface area contributed by atoms with Crippen molar-refractivity contribution in [2.45, 2.75) is 13.8 Å². The molecule has 1 aliphatic heterocycles. The van der Waals surface area contributed by atoms with E-state index < -0.39 is 0 Å². The van der Waals surface area contributed by atoms with E-state index in [2.05, 4.69) is 33.9 Å². The number of nitrogens with zero attached hydrogens (tertiary/aromatic N) is 4. The summed E-state index contributed by atoms with van der Waals surface area (Å²) in [5.41, 5.74) is 4.72. The number of fused-ring (bicyclic) bond motifs is 1. The Bertz CT molecular complexity index is 947. The number of carbonyl (C=O) groups is 1. The number of hydrogen-bond donors (Lipinski definition) is 0. The molecule has 0 bridgehead atoms. The number of hydrogen-bond acceptors (Lipinski definition) is 4. The zero-order valence-corrected chi connectivity index (χ0v) is 15.1. The monoisotopic (exact) mass is 346 g/mol. The van der Waals surface area contributed by atoms with Crippen LogP contribution in [0, 0.1) is 13.8 Å². The van der Waals surface area contributed by atoms with Crippen molar-refractivity contribution in [3.63, 3.8) is 0 Å². The van der Waals surface area contributed by atoms with Crippen LogP contribution in [0.1, 0.15) is 21.6 Å². The van der Waals surface area contributed by atoms with E-state index in [1.54, 1.807) is 6.20 Å². The molecular formula is C21H22N4O. The van der Waals surface area contributed by atoms with Gasteiger partial charge in [0.1, 0.15) is 0 Å². The van der Waals surface area contributed by atoms with E-state index in [1.165, 1.54) is 5.56 Å². The zero-order chi connectivity index (χ0) is 18.1. The van der Waals surface area contributed by atoms with E-state index in [1.807, 2.05) is 42.3 Å². The molecule has 0 N–H and O–H groups in total. The van der Waals surface area contributed by atoms with Crippen LogP contribution in [0.4, 0.5) is 5.69 Å². The quantitative estimate of drug-likeness (QED) is 0.715. The molecule has 0 atom stereocenters. The van der Waals surface area contributed by atoms with Crippen molar-refractivity contribution in [3.05, 3.63) is 65.6 Å². The molecule has 26 heavy (non-hydrogen) atoms. The molecule has 132 valence electrons.